The zero-order valence-corrected chi connectivity index (χ0v) is 7.64. The van der Waals surface area contributed by atoms with E-state index in [1.807, 2.05) is 0 Å². The van der Waals surface area contributed by atoms with E-state index >= 15 is 0 Å². The normalized spacial score (nSPS) is 38.2. The highest BCUT2D eigenvalue weighted by atomic mass is 16.9. The summed E-state index contributed by atoms with van der Waals surface area (Å²) in [5, 5.41) is 8.59. The Bertz CT molecular complexity index is 222. The van der Waals surface area contributed by atoms with Gasteiger partial charge in [-0.25, -0.2) is 0 Å². The molecule has 0 saturated carbocycles. The van der Waals surface area contributed by atoms with Gasteiger partial charge >= 0.3 is 5.97 Å². The van der Waals surface area contributed by atoms with Gasteiger partial charge < -0.3 is 25.1 Å². The van der Waals surface area contributed by atoms with Crippen LogP contribution in [0.25, 0.3) is 0 Å². The SMILES string of the molecule is NC(CC(=O)O)C12OCC(CO1)CO2. The molecule has 3 heterocycles. The van der Waals surface area contributed by atoms with Crippen LogP contribution >= 0.6 is 0 Å². The smallest absolute Gasteiger partial charge is 0.305 e. The van der Waals surface area contributed by atoms with Crippen molar-refractivity contribution in [3.8, 4) is 0 Å². The van der Waals surface area contributed by atoms with E-state index in [1.165, 1.54) is 0 Å². The number of aliphatic carboxylic acids is 1. The van der Waals surface area contributed by atoms with Crippen LogP contribution in [0.4, 0.5) is 0 Å². The molecule has 6 heteroatoms. The third-order valence-corrected chi connectivity index (χ3v) is 2.41. The Labute approximate surface area is 80.9 Å². The summed E-state index contributed by atoms with van der Waals surface area (Å²) < 4.78 is 15.9. The second kappa shape index (κ2) is 3.47. The molecule has 1 unspecified atom stereocenters. The molecule has 3 N–H and O–H groups in total. The molecule has 0 spiro atoms. The molecule has 3 aliphatic rings. The van der Waals surface area contributed by atoms with Gasteiger partial charge in [0, 0.05) is 5.92 Å². The topological polar surface area (TPSA) is 91.0 Å². The summed E-state index contributed by atoms with van der Waals surface area (Å²) in [5.74, 6) is -2.07. The molecule has 3 fully saturated rings. The van der Waals surface area contributed by atoms with E-state index in [2.05, 4.69) is 0 Å². The Balaban J connectivity index is 2.03. The summed E-state index contributed by atoms with van der Waals surface area (Å²) in [6.45, 7) is 1.56. The summed E-state index contributed by atoms with van der Waals surface area (Å²) in [5.41, 5.74) is 5.66. The molecular formula is C8H13NO5. The summed E-state index contributed by atoms with van der Waals surface area (Å²) in [6, 6.07) is -0.791. The van der Waals surface area contributed by atoms with Gasteiger partial charge in [0.15, 0.2) is 0 Å². The lowest BCUT2D eigenvalue weighted by Gasteiger charge is -2.47. The van der Waals surface area contributed by atoms with E-state index in [-0.39, 0.29) is 12.3 Å². The summed E-state index contributed by atoms with van der Waals surface area (Å²) in [7, 11) is 0. The molecule has 3 saturated heterocycles. The quantitative estimate of drug-likeness (QED) is 0.620. The third-order valence-electron chi connectivity index (χ3n) is 2.41. The van der Waals surface area contributed by atoms with Gasteiger partial charge in [-0.3, -0.25) is 4.79 Å². The number of ether oxygens (including phenoxy) is 3. The molecule has 14 heavy (non-hydrogen) atoms. The molecule has 3 aliphatic heterocycles. The lowest BCUT2D eigenvalue weighted by atomic mass is 10.1. The Morgan fingerprint density at radius 1 is 1.43 bits per heavy atom. The number of carbonyl (C=O) groups is 1. The fourth-order valence-corrected chi connectivity index (χ4v) is 1.61. The molecule has 6 nitrogen and oxygen atoms in total. The van der Waals surface area contributed by atoms with Gasteiger partial charge in [0.1, 0.15) is 0 Å². The molecule has 3 rings (SSSR count). The van der Waals surface area contributed by atoms with Crippen LogP contribution in [0.15, 0.2) is 0 Å². The van der Waals surface area contributed by atoms with E-state index in [9.17, 15) is 4.79 Å². The van der Waals surface area contributed by atoms with Gasteiger partial charge in [-0.15, -0.1) is 0 Å². The Morgan fingerprint density at radius 2 is 1.93 bits per heavy atom. The van der Waals surface area contributed by atoms with Crippen LogP contribution < -0.4 is 5.73 Å². The largest absolute Gasteiger partial charge is 0.481 e. The highest BCUT2D eigenvalue weighted by Crippen LogP contribution is 2.33. The average molecular weight is 203 g/mol. The predicted molar refractivity (Wildman–Crippen MR) is 44.3 cm³/mol. The van der Waals surface area contributed by atoms with Crippen LogP contribution in [0.3, 0.4) is 0 Å². The number of hydrogen-bond donors (Lipinski definition) is 2. The van der Waals surface area contributed by atoms with Crippen molar-refractivity contribution in [3.05, 3.63) is 0 Å². The first-order valence-corrected chi connectivity index (χ1v) is 4.51. The predicted octanol–water partition coefficient (Wildman–Crippen LogP) is -0.865. The molecule has 1 atom stereocenters. The van der Waals surface area contributed by atoms with Crippen LogP contribution in [0.2, 0.25) is 0 Å². The minimum Gasteiger partial charge on any atom is -0.481 e. The lowest BCUT2D eigenvalue weighted by molar-refractivity contribution is -0.454. The fraction of sp³-hybridized carbons (Fsp3) is 0.875. The van der Waals surface area contributed by atoms with E-state index in [1.54, 1.807) is 0 Å². The number of carboxylic acids is 1. The Morgan fingerprint density at radius 3 is 2.36 bits per heavy atom. The second-order valence-corrected chi connectivity index (χ2v) is 3.61. The molecule has 0 aromatic heterocycles. The number of nitrogens with two attached hydrogens (primary N) is 1. The molecule has 0 aromatic carbocycles. The molecular weight excluding hydrogens is 190 g/mol. The minimum absolute atomic E-state index is 0.231. The van der Waals surface area contributed by atoms with Gasteiger partial charge in [-0.2, -0.15) is 0 Å². The zero-order valence-electron chi connectivity index (χ0n) is 7.64. The Hall–Kier alpha value is -0.690. The minimum atomic E-state index is -1.33. The zero-order chi connectivity index (χ0) is 10.2. The van der Waals surface area contributed by atoms with Crippen LogP contribution in [0, 0.1) is 5.92 Å². The molecule has 0 radical (unpaired) electrons. The van der Waals surface area contributed by atoms with Crippen molar-refractivity contribution < 1.29 is 24.1 Å². The van der Waals surface area contributed by atoms with Crippen LogP contribution in [0.5, 0.6) is 0 Å². The maximum Gasteiger partial charge on any atom is 0.305 e. The molecule has 0 aromatic rings. The highest BCUT2D eigenvalue weighted by molar-refractivity contribution is 5.67. The standard InChI is InChI=1S/C8H13NO5/c9-6(1-7(10)11)8-12-2-5(3-13-8)4-14-8/h5-6H,1-4,9H2,(H,10,11). The first-order valence-electron chi connectivity index (χ1n) is 4.51. The van der Waals surface area contributed by atoms with E-state index < -0.39 is 18.0 Å². The molecule has 0 amide bonds. The van der Waals surface area contributed by atoms with E-state index in [0.29, 0.717) is 19.8 Å². The van der Waals surface area contributed by atoms with Gasteiger partial charge in [0.05, 0.1) is 32.3 Å². The van der Waals surface area contributed by atoms with Gasteiger partial charge in [0.2, 0.25) is 0 Å². The van der Waals surface area contributed by atoms with Crippen molar-refractivity contribution in [1.29, 1.82) is 0 Å². The van der Waals surface area contributed by atoms with Crippen LogP contribution in [-0.2, 0) is 19.0 Å². The van der Waals surface area contributed by atoms with E-state index in [4.69, 9.17) is 25.1 Å². The first-order chi connectivity index (χ1) is 6.62. The average Bonchev–Trinajstić information content (AvgIpc) is 2.19. The van der Waals surface area contributed by atoms with Crippen molar-refractivity contribution in [1.82, 2.24) is 0 Å². The maximum atomic E-state index is 10.5. The number of carboxylic acid groups (broad SMARTS) is 1. The molecule has 2 bridgehead atoms. The van der Waals surface area contributed by atoms with Crippen molar-refractivity contribution in [2.45, 2.75) is 18.4 Å². The number of fused-ring (bicyclic) bond motifs is 3. The van der Waals surface area contributed by atoms with Crippen molar-refractivity contribution >= 4 is 5.97 Å². The van der Waals surface area contributed by atoms with Gasteiger partial charge in [0.25, 0.3) is 5.97 Å². The molecule has 0 aliphatic carbocycles. The van der Waals surface area contributed by atoms with Crippen molar-refractivity contribution in [2.24, 2.45) is 11.7 Å². The van der Waals surface area contributed by atoms with Crippen molar-refractivity contribution in [2.75, 3.05) is 19.8 Å². The van der Waals surface area contributed by atoms with E-state index in [0.717, 1.165) is 0 Å². The maximum absolute atomic E-state index is 10.5. The summed E-state index contributed by atoms with van der Waals surface area (Å²) >= 11 is 0. The third kappa shape index (κ3) is 1.61. The molecule has 80 valence electrons. The monoisotopic (exact) mass is 203 g/mol. The number of rotatable bonds is 3. The van der Waals surface area contributed by atoms with Gasteiger partial charge in [-0.1, -0.05) is 0 Å². The van der Waals surface area contributed by atoms with Crippen LogP contribution in [-0.4, -0.2) is 42.9 Å². The second-order valence-electron chi connectivity index (χ2n) is 3.61. The number of hydrogen-bond acceptors (Lipinski definition) is 5. The fourth-order valence-electron chi connectivity index (χ4n) is 1.61. The Kier molecular flexibility index (Phi) is 2.44. The van der Waals surface area contributed by atoms with Gasteiger partial charge in [-0.05, 0) is 0 Å². The highest BCUT2D eigenvalue weighted by Gasteiger charge is 2.49. The lowest BCUT2D eigenvalue weighted by Crippen LogP contribution is -2.63. The van der Waals surface area contributed by atoms with Crippen LogP contribution in [0.1, 0.15) is 6.42 Å². The summed E-state index contributed by atoms with van der Waals surface area (Å²) in [4.78, 5) is 10.5. The van der Waals surface area contributed by atoms with Crippen molar-refractivity contribution in [3.63, 3.8) is 0 Å². The first kappa shape index (κ1) is 9.85. The summed E-state index contributed by atoms with van der Waals surface area (Å²) in [6.07, 6.45) is -0.231.